The van der Waals surface area contributed by atoms with Crippen LogP contribution in [0.4, 0.5) is 0 Å². The van der Waals surface area contributed by atoms with Crippen LogP contribution in [0.1, 0.15) is 6.42 Å². The minimum atomic E-state index is 0.494. The summed E-state index contributed by atoms with van der Waals surface area (Å²) in [5, 5.41) is 3.11. The van der Waals surface area contributed by atoms with Gasteiger partial charge in [-0.1, -0.05) is 0 Å². The van der Waals surface area contributed by atoms with E-state index in [1.165, 1.54) is 0 Å². The second kappa shape index (κ2) is 3.45. The molecule has 1 fully saturated rings. The van der Waals surface area contributed by atoms with Crippen molar-refractivity contribution in [3.05, 3.63) is 0 Å². The topological polar surface area (TPSA) is 33.6 Å². The quantitative estimate of drug-likeness (QED) is 0.420. The highest BCUT2D eigenvalue weighted by molar-refractivity contribution is 5.54. The molecule has 0 aromatic heterocycles. The molecule has 1 heterocycles. The summed E-state index contributed by atoms with van der Waals surface area (Å²) in [6.45, 7) is 1.71. The molecule has 1 N–H and O–H groups in total. The van der Waals surface area contributed by atoms with Crippen molar-refractivity contribution in [3.8, 4) is 0 Å². The lowest BCUT2D eigenvalue weighted by Crippen LogP contribution is -2.27. The van der Waals surface area contributed by atoms with E-state index in [2.05, 4.69) is 10.3 Å². The summed E-state index contributed by atoms with van der Waals surface area (Å²) in [6, 6.07) is 0.494. The summed E-state index contributed by atoms with van der Waals surface area (Å²) in [7, 11) is 1.75. The number of rotatable bonds is 2. The van der Waals surface area contributed by atoms with Crippen LogP contribution < -0.4 is 5.32 Å². The Kier molecular flexibility index (Phi) is 2.51. The molecule has 1 aliphatic rings. The predicted molar refractivity (Wildman–Crippen MR) is 36.8 cm³/mol. The molecule has 1 aliphatic heterocycles. The van der Waals surface area contributed by atoms with Crippen LogP contribution in [0, 0.1) is 0 Å². The van der Waals surface area contributed by atoms with Crippen LogP contribution in [0.3, 0.4) is 0 Å². The van der Waals surface area contributed by atoms with E-state index in [0.29, 0.717) is 6.04 Å². The number of ether oxygens (including phenoxy) is 1. The maximum absolute atomic E-state index is 5.13. The molecule has 0 bridgehead atoms. The Morgan fingerprint density at radius 1 is 1.78 bits per heavy atom. The van der Waals surface area contributed by atoms with Gasteiger partial charge >= 0.3 is 0 Å². The third-order valence-electron chi connectivity index (χ3n) is 1.37. The van der Waals surface area contributed by atoms with Gasteiger partial charge in [0, 0.05) is 13.7 Å². The zero-order valence-electron chi connectivity index (χ0n) is 5.63. The van der Waals surface area contributed by atoms with Crippen LogP contribution >= 0.6 is 0 Å². The summed E-state index contributed by atoms with van der Waals surface area (Å²) < 4.78 is 5.13. The largest absolute Gasteiger partial charge is 0.379 e. The third-order valence-corrected chi connectivity index (χ3v) is 1.37. The maximum Gasteiger partial charge on any atom is 0.0823 e. The highest BCUT2D eigenvalue weighted by atomic mass is 16.5. The molecule has 1 saturated heterocycles. The Labute approximate surface area is 55.1 Å². The highest BCUT2D eigenvalue weighted by Crippen LogP contribution is 2.01. The van der Waals surface area contributed by atoms with Crippen LogP contribution in [-0.2, 0) is 4.74 Å². The standard InChI is InChI=1S/C6H12N2O/c1-7-5-8-6-2-3-9-4-6/h5-6H,2-4H2,1H3,(H,7,8)/t6-/m0/s1. The minimum Gasteiger partial charge on any atom is -0.379 e. The van der Waals surface area contributed by atoms with Crippen LogP contribution in [-0.4, -0.2) is 32.6 Å². The summed E-state index contributed by atoms with van der Waals surface area (Å²) in [4.78, 5) is 3.81. The van der Waals surface area contributed by atoms with Crippen molar-refractivity contribution >= 4 is 6.34 Å². The molecule has 9 heavy (non-hydrogen) atoms. The van der Waals surface area contributed by atoms with Crippen molar-refractivity contribution in [1.29, 1.82) is 0 Å². The van der Waals surface area contributed by atoms with Crippen molar-refractivity contribution in [2.24, 2.45) is 4.99 Å². The fraction of sp³-hybridized carbons (Fsp3) is 0.833. The molecular weight excluding hydrogens is 116 g/mol. The number of aliphatic imine (C=N–C) groups is 1. The van der Waals surface area contributed by atoms with E-state index in [9.17, 15) is 0 Å². The fourth-order valence-corrected chi connectivity index (χ4v) is 0.846. The van der Waals surface area contributed by atoms with Gasteiger partial charge in [-0.15, -0.1) is 0 Å². The van der Waals surface area contributed by atoms with Gasteiger partial charge in [-0.25, -0.2) is 0 Å². The van der Waals surface area contributed by atoms with Gasteiger partial charge < -0.3 is 10.1 Å². The molecule has 1 rings (SSSR count). The smallest absolute Gasteiger partial charge is 0.0823 e. The van der Waals surface area contributed by atoms with E-state index in [4.69, 9.17) is 4.74 Å². The molecular formula is C6H12N2O. The summed E-state index contributed by atoms with van der Waals surface area (Å²) >= 11 is 0. The molecule has 0 unspecified atom stereocenters. The molecule has 0 aromatic rings. The number of hydrogen-bond acceptors (Lipinski definition) is 2. The number of nitrogens with one attached hydrogen (secondary N) is 1. The van der Waals surface area contributed by atoms with E-state index in [-0.39, 0.29) is 0 Å². The van der Waals surface area contributed by atoms with Gasteiger partial charge in [0.1, 0.15) is 0 Å². The van der Waals surface area contributed by atoms with Crippen molar-refractivity contribution in [3.63, 3.8) is 0 Å². The minimum absolute atomic E-state index is 0.494. The van der Waals surface area contributed by atoms with Crippen LogP contribution in [0.5, 0.6) is 0 Å². The molecule has 1 atom stereocenters. The first-order chi connectivity index (χ1) is 4.43. The van der Waals surface area contributed by atoms with E-state index < -0.39 is 0 Å². The number of nitrogens with zero attached hydrogens (tertiary/aromatic N) is 1. The zero-order valence-corrected chi connectivity index (χ0v) is 5.63. The monoisotopic (exact) mass is 128 g/mol. The molecule has 0 saturated carbocycles. The second-order valence-corrected chi connectivity index (χ2v) is 2.11. The van der Waals surface area contributed by atoms with Crippen molar-refractivity contribution in [1.82, 2.24) is 5.32 Å². The highest BCUT2D eigenvalue weighted by Gasteiger charge is 2.12. The van der Waals surface area contributed by atoms with Gasteiger partial charge in [0.05, 0.1) is 19.0 Å². The Morgan fingerprint density at radius 2 is 2.67 bits per heavy atom. The average Bonchev–Trinajstić information content (AvgIpc) is 2.34. The van der Waals surface area contributed by atoms with E-state index in [0.717, 1.165) is 19.6 Å². The zero-order chi connectivity index (χ0) is 6.53. The van der Waals surface area contributed by atoms with Crippen LogP contribution in [0.2, 0.25) is 0 Å². The van der Waals surface area contributed by atoms with Gasteiger partial charge in [0.2, 0.25) is 0 Å². The molecule has 0 aromatic carbocycles. The van der Waals surface area contributed by atoms with E-state index in [1.807, 2.05) is 0 Å². The van der Waals surface area contributed by atoms with Gasteiger partial charge in [-0.3, -0.25) is 4.99 Å². The molecule has 0 radical (unpaired) electrons. The Bertz CT molecular complexity index is 97.2. The van der Waals surface area contributed by atoms with Crippen molar-refractivity contribution < 1.29 is 4.74 Å². The first kappa shape index (κ1) is 6.55. The molecule has 0 aliphatic carbocycles. The Morgan fingerprint density at radius 3 is 3.22 bits per heavy atom. The normalized spacial score (nSPS) is 27.4. The summed E-state index contributed by atoms with van der Waals surface area (Å²) in [6.07, 6.45) is 2.82. The van der Waals surface area contributed by atoms with Gasteiger partial charge in [0.15, 0.2) is 0 Å². The Hall–Kier alpha value is -0.570. The molecule has 3 nitrogen and oxygen atoms in total. The molecule has 0 amide bonds. The van der Waals surface area contributed by atoms with Crippen LogP contribution in [0.15, 0.2) is 4.99 Å². The lowest BCUT2D eigenvalue weighted by atomic mass is 10.3. The summed E-state index contributed by atoms with van der Waals surface area (Å²) in [5.41, 5.74) is 0. The lowest BCUT2D eigenvalue weighted by Gasteiger charge is -2.04. The van der Waals surface area contributed by atoms with Crippen LogP contribution in [0.25, 0.3) is 0 Å². The third kappa shape index (κ3) is 2.01. The fourth-order valence-electron chi connectivity index (χ4n) is 0.846. The second-order valence-electron chi connectivity index (χ2n) is 2.11. The van der Waals surface area contributed by atoms with E-state index >= 15 is 0 Å². The Balaban J connectivity index is 2.11. The first-order valence-corrected chi connectivity index (χ1v) is 3.18. The molecule has 3 heteroatoms. The maximum atomic E-state index is 5.13. The number of hydrogen-bond donors (Lipinski definition) is 1. The van der Waals surface area contributed by atoms with Gasteiger partial charge in [0.25, 0.3) is 0 Å². The molecule has 52 valence electrons. The van der Waals surface area contributed by atoms with Gasteiger partial charge in [-0.2, -0.15) is 0 Å². The first-order valence-electron chi connectivity index (χ1n) is 3.18. The van der Waals surface area contributed by atoms with Crippen molar-refractivity contribution in [2.45, 2.75) is 12.5 Å². The summed E-state index contributed by atoms with van der Waals surface area (Å²) in [5.74, 6) is 0. The average molecular weight is 128 g/mol. The lowest BCUT2D eigenvalue weighted by molar-refractivity contribution is 0.192. The molecule has 0 spiro atoms. The van der Waals surface area contributed by atoms with Gasteiger partial charge in [-0.05, 0) is 6.42 Å². The SMILES string of the molecule is CN=CN[C@H]1CCOC1. The van der Waals surface area contributed by atoms with Crippen molar-refractivity contribution in [2.75, 3.05) is 20.3 Å². The predicted octanol–water partition coefficient (Wildman–Crippen LogP) is 0.0230. The van der Waals surface area contributed by atoms with E-state index in [1.54, 1.807) is 13.4 Å².